The zero-order valence-electron chi connectivity index (χ0n) is 15.4. The first-order valence-corrected chi connectivity index (χ1v) is 9.48. The van der Waals surface area contributed by atoms with Crippen LogP contribution < -0.4 is 0 Å². The molecule has 0 spiro atoms. The summed E-state index contributed by atoms with van der Waals surface area (Å²) in [7, 11) is 1.83. The van der Waals surface area contributed by atoms with Crippen molar-refractivity contribution in [2.24, 2.45) is 7.05 Å². The zero-order valence-corrected chi connectivity index (χ0v) is 16.2. The highest BCUT2D eigenvalue weighted by atomic mass is 32.2. The molecule has 0 atom stereocenters. The number of benzene rings is 1. The van der Waals surface area contributed by atoms with Crippen molar-refractivity contribution in [2.45, 2.75) is 31.7 Å². The van der Waals surface area contributed by atoms with Crippen molar-refractivity contribution >= 4 is 22.9 Å². The van der Waals surface area contributed by atoms with E-state index in [0.717, 1.165) is 34.6 Å². The van der Waals surface area contributed by atoms with Gasteiger partial charge < -0.3 is 4.98 Å². The van der Waals surface area contributed by atoms with E-state index in [1.165, 1.54) is 12.8 Å². The third-order valence-electron chi connectivity index (χ3n) is 4.15. The average Bonchev–Trinajstić information content (AvgIpc) is 3.31. The number of aromatic nitrogens is 4. The van der Waals surface area contributed by atoms with Crippen molar-refractivity contribution in [3.63, 3.8) is 0 Å². The lowest BCUT2D eigenvalue weighted by Gasteiger charge is -2.10. The number of aromatic amines is 1. The number of allylic oxidation sites excluding steroid dienone is 1. The fourth-order valence-electron chi connectivity index (χ4n) is 3.08. The van der Waals surface area contributed by atoms with Gasteiger partial charge in [-0.15, -0.1) is 6.58 Å². The fourth-order valence-corrected chi connectivity index (χ4v) is 4.12. The van der Waals surface area contributed by atoms with E-state index >= 15 is 0 Å². The summed E-state index contributed by atoms with van der Waals surface area (Å²) in [5.74, 6) is 0.400. The number of aryl methyl sites for hydroxylation is 2. The lowest BCUT2D eigenvalue weighted by molar-refractivity contribution is 0.585. The van der Waals surface area contributed by atoms with Crippen LogP contribution in [0.4, 0.5) is 4.39 Å². The third kappa shape index (κ3) is 3.83. The molecule has 3 aromatic rings. The predicted octanol–water partition coefficient (Wildman–Crippen LogP) is 4.71. The molecule has 3 heterocycles. The SMILES string of the molecule is C=CC.Cc1cc(F)c2[nH]c(SN3CCCC3)cc2c1-c1ncn(C)n1. The van der Waals surface area contributed by atoms with E-state index in [-0.39, 0.29) is 5.82 Å². The summed E-state index contributed by atoms with van der Waals surface area (Å²) >= 11 is 1.67. The maximum Gasteiger partial charge on any atom is 0.182 e. The minimum absolute atomic E-state index is 0.231. The van der Waals surface area contributed by atoms with Crippen molar-refractivity contribution in [3.05, 3.63) is 42.5 Å². The van der Waals surface area contributed by atoms with Gasteiger partial charge in [-0.25, -0.2) is 13.7 Å². The van der Waals surface area contributed by atoms with Gasteiger partial charge in [-0.1, -0.05) is 6.08 Å². The largest absolute Gasteiger partial charge is 0.346 e. The van der Waals surface area contributed by atoms with Crippen LogP contribution in [0.3, 0.4) is 0 Å². The van der Waals surface area contributed by atoms with Gasteiger partial charge in [0.15, 0.2) is 5.82 Å². The summed E-state index contributed by atoms with van der Waals surface area (Å²) in [5.41, 5.74) is 2.27. The van der Waals surface area contributed by atoms with Gasteiger partial charge in [0.05, 0.1) is 10.5 Å². The summed E-state index contributed by atoms with van der Waals surface area (Å²) in [5, 5.41) is 6.19. The van der Waals surface area contributed by atoms with Crippen LogP contribution in [-0.4, -0.2) is 37.1 Å². The van der Waals surface area contributed by atoms with Crippen LogP contribution in [0.15, 0.2) is 36.1 Å². The highest BCUT2D eigenvalue weighted by molar-refractivity contribution is 7.97. The Morgan fingerprint density at radius 2 is 2.00 bits per heavy atom. The Bertz CT molecular complexity index is 908. The second-order valence-electron chi connectivity index (χ2n) is 6.35. The van der Waals surface area contributed by atoms with Gasteiger partial charge >= 0.3 is 0 Å². The summed E-state index contributed by atoms with van der Waals surface area (Å²) in [6, 6.07) is 3.56. The Hall–Kier alpha value is -2.12. The van der Waals surface area contributed by atoms with E-state index in [4.69, 9.17) is 0 Å². The highest BCUT2D eigenvalue weighted by Crippen LogP contribution is 2.36. The number of nitrogens with zero attached hydrogens (tertiary/aromatic N) is 4. The third-order valence-corrected chi connectivity index (χ3v) is 5.19. The molecule has 5 nitrogen and oxygen atoms in total. The molecule has 4 rings (SSSR count). The molecule has 1 fully saturated rings. The molecule has 0 unspecified atom stereocenters. The number of hydrogen-bond donors (Lipinski definition) is 1. The van der Waals surface area contributed by atoms with Crippen LogP contribution in [0.2, 0.25) is 0 Å². The topological polar surface area (TPSA) is 49.7 Å². The molecule has 0 saturated carbocycles. The van der Waals surface area contributed by atoms with Crippen LogP contribution in [0.25, 0.3) is 22.3 Å². The number of nitrogens with one attached hydrogen (secondary N) is 1. The quantitative estimate of drug-likeness (QED) is 0.534. The summed E-state index contributed by atoms with van der Waals surface area (Å²) in [4.78, 5) is 7.56. The molecule has 26 heavy (non-hydrogen) atoms. The van der Waals surface area contributed by atoms with Crippen molar-refractivity contribution in [1.29, 1.82) is 0 Å². The van der Waals surface area contributed by atoms with E-state index in [0.29, 0.717) is 11.3 Å². The van der Waals surface area contributed by atoms with E-state index in [9.17, 15) is 4.39 Å². The highest BCUT2D eigenvalue weighted by Gasteiger charge is 2.19. The van der Waals surface area contributed by atoms with Crippen LogP contribution in [-0.2, 0) is 7.05 Å². The van der Waals surface area contributed by atoms with Crippen molar-refractivity contribution in [2.75, 3.05) is 13.1 Å². The molecule has 1 aromatic carbocycles. The number of halogens is 1. The molecular formula is C19H24FN5S. The molecule has 0 radical (unpaired) electrons. The van der Waals surface area contributed by atoms with E-state index in [1.807, 2.05) is 27.0 Å². The van der Waals surface area contributed by atoms with E-state index < -0.39 is 0 Å². The van der Waals surface area contributed by atoms with E-state index in [2.05, 4.69) is 26.0 Å². The fraction of sp³-hybridized carbons (Fsp3) is 0.368. The van der Waals surface area contributed by atoms with Crippen LogP contribution in [0.5, 0.6) is 0 Å². The summed E-state index contributed by atoms with van der Waals surface area (Å²) < 4.78 is 18.4. The number of rotatable bonds is 3. The normalized spacial score (nSPS) is 14.5. The van der Waals surface area contributed by atoms with Crippen LogP contribution in [0.1, 0.15) is 25.3 Å². The van der Waals surface area contributed by atoms with Gasteiger partial charge in [-0.3, -0.25) is 4.68 Å². The zero-order chi connectivity index (χ0) is 18.7. The van der Waals surface area contributed by atoms with Gasteiger partial charge in [-0.05, 0) is 56.3 Å². The van der Waals surface area contributed by atoms with E-state index in [1.54, 1.807) is 35.1 Å². The van der Waals surface area contributed by atoms with Gasteiger partial charge in [0.25, 0.3) is 0 Å². The molecule has 1 aliphatic heterocycles. The molecule has 1 N–H and O–H groups in total. The Balaban J connectivity index is 0.000000613. The van der Waals surface area contributed by atoms with Crippen molar-refractivity contribution in [1.82, 2.24) is 24.1 Å². The molecule has 0 bridgehead atoms. The molecule has 7 heteroatoms. The lowest BCUT2D eigenvalue weighted by Crippen LogP contribution is -2.08. The Kier molecular flexibility index (Phi) is 5.78. The van der Waals surface area contributed by atoms with Gasteiger partial charge in [0, 0.05) is 31.1 Å². The minimum Gasteiger partial charge on any atom is -0.346 e. The number of H-pyrrole nitrogens is 1. The van der Waals surface area contributed by atoms with Gasteiger partial charge in [0.1, 0.15) is 12.1 Å². The molecule has 1 saturated heterocycles. The predicted molar refractivity (Wildman–Crippen MR) is 106 cm³/mol. The van der Waals surface area contributed by atoms with Gasteiger partial charge in [0.2, 0.25) is 0 Å². The summed E-state index contributed by atoms with van der Waals surface area (Å²) in [6.45, 7) is 9.31. The van der Waals surface area contributed by atoms with Crippen molar-refractivity contribution < 1.29 is 4.39 Å². The Morgan fingerprint density at radius 1 is 1.31 bits per heavy atom. The standard InChI is InChI=1S/C16H18FN5S.C3H6/c1-10-7-12(17)15-11(14(10)16-18-9-21(2)20-16)8-13(19-15)23-22-5-3-4-6-22;1-3-2/h7-9,19H,3-6H2,1-2H3;3H,1H2,2H3. The molecular weight excluding hydrogens is 349 g/mol. The first kappa shape index (κ1) is 18.7. The summed E-state index contributed by atoms with van der Waals surface area (Å²) in [6.07, 6.45) is 5.87. The lowest BCUT2D eigenvalue weighted by atomic mass is 10.0. The maximum absolute atomic E-state index is 14.4. The molecule has 0 amide bonds. The first-order valence-electron chi connectivity index (χ1n) is 8.71. The maximum atomic E-state index is 14.4. The number of fused-ring (bicyclic) bond motifs is 1. The monoisotopic (exact) mass is 373 g/mol. The molecule has 1 aliphatic rings. The van der Waals surface area contributed by atoms with Crippen molar-refractivity contribution in [3.8, 4) is 11.4 Å². The first-order chi connectivity index (χ1) is 12.5. The Labute approximate surface area is 157 Å². The molecule has 0 aliphatic carbocycles. The van der Waals surface area contributed by atoms with Crippen LogP contribution in [0, 0.1) is 12.7 Å². The average molecular weight is 374 g/mol. The smallest absolute Gasteiger partial charge is 0.182 e. The van der Waals surface area contributed by atoms with Crippen LogP contribution >= 0.6 is 11.9 Å². The molecule has 138 valence electrons. The second-order valence-corrected chi connectivity index (χ2v) is 7.49. The minimum atomic E-state index is -0.231. The second kappa shape index (κ2) is 8.05. The number of hydrogen-bond acceptors (Lipinski definition) is 4. The molecule has 2 aromatic heterocycles. The van der Waals surface area contributed by atoms with Gasteiger partial charge in [-0.2, -0.15) is 5.10 Å². The Morgan fingerprint density at radius 3 is 2.62 bits per heavy atom.